The molecule has 0 saturated carbocycles. The van der Waals surface area contributed by atoms with Crippen LogP contribution in [-0.2, 0) is 6.42 Å². The molecule has 1 aromatic carbocycles. The number of amides is 2. The molecule has 0 fully saturated rings. The van der Waals surface area contributed by atoms with Crippen LogP contribution in [-0.4, -0.2) is 49.5 Å². The molecule has 0 aliphatic rings. The first-order valence-electron chi connectivity index (χ1n) is 9.47. The summed E-state index contributed by atoms with van der Waals surface area (Å²) in [7, 11) is 1.78. The maximum atomic E-state index is 12.5. The zero-order chi connectivity index (χ0) is 20.1. The predicted octanol–water partition coefficient (Wildman–Crippen LogP) is 3.19. The monoisotopic (exact) mass is 381 g/mol. The number of aromatic amines is 1. The Morgan fingerprint density at radius 3 is 2.71 bits per heavy atom. The van der Waals surface area contributed by atoms with Gasteiger partial charge in [-0.3, -0.25) is 5.10 Å². The average molecular weight is 381 g/mol. The van der Waals surface area contributed by atoms with Crippen LogP contribution in [0.15, 0.2) is 42.7 Å². The molecule has 0 aliphatic carbocycles. The maximum absolute atomic E-state index is 12.5. The van der Waals surface area contributed by atoms with Crippen molar-refractivity contribution in [1.29, 1.82) is 0 Å². The van der Waals surface area contributed by atoms with E-state index < -0.39 is 0 Å². The van der Waals surface area contributed by atoms with Gasteiger partial charge in [-0.1, -0.05) is 30.3 Å². The molecule has 0 spiro atoms. The summed E-state index contributed by atoms with van der Waals surface area (Å²) in [5.74, 6) is 0.868. The van der Waals surface area contributed by atoms with Crippen LogP contribution in [0.2, 0.25) is 0 Å². The van der Waals surface area contributed by atoms with Gasteiger partial charge in [0, 0.05) is 31.6 Å². The van der Waals surface area contributed by atoms with Gasteiger partial charge in [0.1, 0.15) is 12.2 Å². The van der Waals surface area contributed by atoms with Gasteiger partial charge in [0.2, 0.25) is 0 Å². The molecule has 2 amide bonds. The van der Waals surface area contributed by atoms with Crippen molar-refractivity contribution >= 4 is 6.03 Å². The van der Waals surface area contributed by atoms with Gasteiger partial charge in [-0.15, -0.1) is 10.2 Å². The number of benzene rings is 1. The van der Waals surface area contributed by atoms with Gasteiger partial charge in [-0.05, 0) is 26.8 Å². The smallest absolute Gasteiger partial charge is 0.317 e. The van der Waals surface area contributed by atoms with Crippen LogP contribution in [0.3, 0.4) is 0 Å². The molecule has 2 aromatic heterocycles. The van der Waals surface area contributed by atoms with Gasteiger partial charge in [-0.2, -0.15) is 5.10 Å². The topological polar surface area (TPSA) is 91.7 Å². The van der Waals surface area contributed by atoms with Gasteiger partial charge in [0.15, 0.2) is 0 Å². The van der Waals surface area contributed by atoms with Gasteiger partial charge < -0.3 is 14.8 Å². The third-order valence-corrected chi connectivity index (χ3v) is 4.85. The summed E-state index contributed by atoms with van der Waals surface area (Å²) in [5.41, 5.74) is 2.79. The molecule has 2 heterocycles. The highest BCUT2D eigenvalue weighted by Crippen LogP contribution is 2.23. The minimum Gasteiger partial charge on any atom is -0.338 e. The number of nitrogens with one attached hydrogen (secondary N) is 2. The van der Waals surface area contributed by atoms with Gasteiger partial charge >= 0.3 is 6.03 Å². The summed E-state index contributed by atoms with van der Waals surface area (Å²) >= 11 is 0. The molecule has 8 nitrogen and oxygen atoms in total. The molecule has 0 aliphatic heterocycles. The number of aromatic nitrogens is 5. The van der Waals surface area contributed by atoms with Crippen LogP contribution in [0, 0.1) is 0 Å². The van der Waals surface area contributed by atoms with Gasteiger partial charge in [0.05, 0.1) is 17.4 Å². The van der Waals surface area contributed by atoms with E-state index in [1.54, 1.807) is 18.3 Å². The first kappa shape index (κ1) is 19.6. The number of urea groups is 1. The Bertz CT molecular complexity index is 900. The minimum absolute atomic E-state index is 0.135. The zero-order valence-corrected chi connectivity index (χ0v) is 16.8. The van der Waals surface area contributed by atoms with E-state index >= 15 is 0 Å². The standard InChI is InChI=1S/C20H27N7O/c1-14(2)27-13-22-25-19(27)10-11-21-20(28)26(4)15(3)17-12-18(24-23-17)16-8-6-5-7-9-16/h5-9,12-15H,10-11H2,1-4H3,(H,21,28)(H,23,24)/t15-/m0/s1. The Morgan fingerprint density at radius 2 is 2.00 bits per heavy atom. The van der Waals surface area contributed by atoms with Crippen LogP contribution in [0.25, 0.3) is 11.3 Å². The maximum Gasteiger partial charge on any atom is 0.317 e. The Labute approximate surface area is 165 Å². The molecule has 0 saturated heterocycles. The lowest BCUT2D eigenvalue weighted by Crippen LogP contribution is -2.39. The third-order valence-electron chi connectivity index (χ3n) is 4.85. The Hall–Kier alpha value is -3.16. The second-order valence-corrected chi connectivity index (χ2v) is 7.09. The second-order valence-electron chi connectivity index (χ2n) is 7.09. The fraction of sp³-hybridized carbons (Fsp3) is 0.400. The van der Waals surface area contributed by atoms with Crippen LogP contribution < -0.4 is 5.32 Å². The molecule has 3 aromatic rings. The van der Waals surface area contributed by atoms with E-state index in [0.29, 0.717) is 19.0 Å². The molecule has 2 N–H and O–H groups in total. The summed E-state index contributed by atoms with van der Waals surface area (Å²) in [5, 5.41) is 18.4. The predicted molar refractivity (Wildman–Crippen MR) is 108 cm³/mol. The second kappa shape index (κ2) is 8.69. The minimum atomic E-state index is -0.140. The van der Waals surface area contributed by atoms with E-state index in [-0.39, 0.29) is 12.1 Å². The highest BCUT2D eigenvalue weighted by molar-refractivity contribution is 5.74. The van der Waals surface area contributed by atoms with E-state index in [1.165, 1.54) is 0 Å². The number of nitrogens with zero attached hydrogens (tertiary/aromatic N) is 5. The number of H-pyrrole nitrogens is 1. The quantitative estimate of drug-likeness (QED) is 0.657. The molecular weight excluding hydrogens is 354 g/mol. The molecule has 1 atom stereocenters. The number of carbonyl (C=O) groups is 1. The van der Waals surface area contributed by atoms with E-state index in [9.17, 15) is 4.79 Å². The van der Waals surface area contributed by atoms with Gasteiger partial charge in [-0.25, -0.2) is 4.79 Å². The third kappa shape index (κ3) is 4.39. The summed E-state index contributed by atoms with van der Waals surface area (Å²) in [4.78, 5) is 14.2. The van der Waals surface area contributed by atoms with Crippen LogP contribution in [0.1, 0.15) is 44.4 Å². The highest BCUT2D eigenvalue weighted by Gasteiger charge is 2.19. The van der Waals surface area contributed by atoms with E-state index in [0.717, 1.165) is 22.8 Å². The summed E-state index contributed by atoms with van der Waals surface area (Å²) < 4.78 is 2.01. The molecule has 3 rings (SSSR count). The first-order valence-corrected chi connectivity index (χ1v) is 9.47. The number of rotatable bonds is 7. The molecule has 0 radical (unpaired) electrons. The molecular formula is C20H27N7O. The number of carbonyl (C=O) groups excluding carboxylic acids is 1. The van der Waals surface area contributed by atoms with Crippen molar-refractivity contribution in [2.45, 2.75) is 39.3 Å². The van der Waals surface area contributed by atoms with Crippen molar-refractivity contribution in [2.24, 2.45) is 0 Å². The highest BCUT2D eigenvalue weighted by atomic mass is 16.2. The fourth-order valence-corrected chi connectivity index (χ4v) is 2.97. The molecule has 148 valence electrons. The fourth-order valence-electron chi connectivity index (χ4n) is 2.97. The van der Waals surface area contributed by atoms with E-state index in [2.05, 4.69) is 39.6 Å². The Morgan fingerprint density at radius 1 is 1.25 bits per heavy atom. The van der Waals surface area contributed by atoms with Crippen molar-refractivity contribution in [1.82, 2.24) is 35.2 Å². The first-order chi connectivity index (χ1) is 13.5. The Balaban J connectivity index is 1.56. The molecule has 0 bridgehead atoms. The lowest BCUT2D eigenvalue weighted by atomic mass is 10.1. The van der Waals surface area contributed by atoms with E-state index in [4.69, 9.17) is 0 Å². The molecule has 0 unspecified atom stereocenters. The summed E-state index contributed by atoms with van der Waals surface area (Å²) in [6, 6.07) is 12.0. The largest absolute Gasteiger partial charge is 0.338 e. The number of hydrogen-bond donors (Lipinski definition) is 2. The van der Waals surface area contributed by atoms with Crippen molar-refractivity contribution < 1.29 is 4.79 Å². The zero-order valence-electron chi connectivity index (χ0n) is 16.8. The number of hydrogen-bond acceptors (Lipinski definition) is 4. The summed E-state index contributed by atoms with van der Waals surface area (Å²) in [6.45, 7) is 6.63. The average Bonchev–Trinajstić information content (AvgIpc) is 3.37. The van der Waals surface area contributed by atoms with Crippen molar-refractivity contribution in [3.8, 4) is 11.3 Å². The van der Waals surface area contributed by atoms with Crippen LogP contribution in [0.5, 0.6) is 0 Å². The molecule has 28 heavy (non-hydrogen) atoms. The van der Waals surface area contributed by atoms with E-state index in [1.807, 2.05) is 47.9 Å². The summed E-state index contributed by atoms with van der Waals surface area (Å²) in [6.07, 6.45) is 2.35. The van der Waals surface area contributed by atoms with Crippen molar-refractivity contribution in [3.05, 3.63) is 54.2 Å². The Kier molecular flexibility index (Phi) is 6.08. The van der Waals surface area contributed by atoms with Crippen molar-refractivity contribution in [2.75, 3.05) is 13.6 Å². The lowest BCUT2D eigenvalue weighted by Gasteiger charge is -2.24. The van der Waals surface area contributed by atoms with Crippen molar-refractivity contribution in [3.63, 3.8) is 0 Å². The normalized spacial score (nSPS) is 12.2. The SMILES string of the molecule is CC(C)n1cnnc1CCNC(=O)N(C)[C@@H](C)c1cc(-c2ccccc2)n[nH]1. The lowest BCUT2D eigenvalue weighted by molar-refractivity contribution is 0.193. The van der Waals surface area contributed by atoms with Gasteiger partial charge in [0.25, 0.3) is 0 Å². The van der Waals surface area contributed by atoms with Crippen LogP contribution >= 0.6 is 0 Å². The molecule has 8 heteroatoms. The van der Waals surface area contributed by atoms with Crippen LogP contribution in [0.4, 0.5) is 4.79 Å².